The van der Waals surface area contributed by atoms with Crippen molar-refractivity contribution in [1.82, 2.24) is 9.80 Å². The molecule has 1 aliphatic carbocycles. The van der Waals surface area contributed by atoms with Crippen LogP contribution in [0.4, 0.5) is 0 Å². The maximum absolute atomic E-state index is 12.5. The fourth-order valence-electron chi connectivity index (χ4n) is 2.82. The predicted octanol–water partition coefficient (Wildman–Crippen LogP) is 2.72. The first-order valence-corrected chi connectivity index (χ1v) is 6.84. The van der Waals surface area contributed by atoms with Crippen molar-refractivity contribution >= 4 is 30.6 Å². The van der Waals surface area contributed by atoms with Crippen LogP contribution in [0.1, 0.15) is 32.1 Å². The number of Topliss-reactive ketones (excluding diaryl/α,β-unsaturated/α-hetero) is 1. The van der Waals surface area contributed by atoms with Crippen LogP contribution in [0, 0.1) is 11.8 Å². The van der Waals surface area contributed by atoms with Crippen LogP contribution in [0.3, 0.4) is 0 Å². The zero-order valence-electron chi connectivity index (χ0n) is 12.7. The number of ketones is 1. The molecule has 1 rings (SSSR count). The molecule has 2 atom stereocenters. The number of carbonyl (C=O) groups is 1. The van der Waals surface area contributed by atoms with Gasteiger partial charge in [-0.25, -0.2) is 0 Å². The number of halogens is 2. The highest BCUT2D eigenvalue weighted by Crippen LogP contribution is 2.24. The minimum absolute atomic E-state index is 0. The van der Waals surface area contributed by atoms with E-state index in [2.05, 4.69) is 38.0 Å². The second-order valence-electron chi connectivity index (χ2n) is 5.96. The molecule has 0 aromatic carbocycles. The Morgan fingerprint density at radius 1 is 0.842 bits per heavy atom. The van der Waals surface area contributed by atoms with E-state index in [1.807, 2.05) is 0 Å². The number of nitrogens with zero attached hydrogens (tertiary/aromatic N) is 2. The summed E-state index contributed by atoms with van der Waals surface area (Å²) in [6.07, 6.45) is 5.90. The third-order valence-corrected chi connectivity index (χ3v) is 3.58. The standard InChI is InChI=1S/C14H28N2O.2ClH/c1-15(2)10-12-8-6-5-7-9-13(14(12)17)11-16(3)4;;/h12-13H,5-11H2,1-4H3;2*1H. The maximum Gasteiger partial charge on any atom is 0.141 e. The SMILES string of the molecule is CN(C)CC1CCCCCC(CN(C)C)C1=O.Cl.Cl. The zero-order valence-corrected chi connectivity index (χ0v) is 14.4. The Labute approximate surface area is 130 Å². The average Bonchev–Trinajstić information content (AvgIpc) is 2.21. The van der Waals surface area contributed by atoms with Gasteiger partial charge in [-0.3, -0.25) is 4.79 Å². The van der Waals surface area contributed by atoms with Crippen LogP contribution in [-0.4, -0.2) is 56.9 Å². The van der Waals surface area contributed by atoms with Crippen molar-refractivity contribution in [2.24, 2.45) is 11.8 Å². The fraction of sp³-hybridized carbons (Fsp3) is 0.929. The first-order valence-electron chi connectivity index (χ1n) is 6.84. The van der Waals surface area contributed by atoms with Gasteiger partial charge in [0.05, 0.1) is 0 Å². The number of rotatable bonds is 4. The molecular formula is C14H30Cl2N2O. The summed E-state index contributed by atoms with van der Waals surface area (Å²) in [6, 6.07) is 0. The lowest BCUT2D eigenvalue weighted by Gasteiger charge is -2.28. The van der Waals surface area contributed by atoms with E-state index >= 15 is 0 Å². The highest BCUT2D eigenvalue weighted by atomic mass is 35.5. The quantitative estimate of drug-likeness (QED) is 0.797. The number of hydrogen-bond acceptors (Lipinski definition) is 3. The monoisotopic (exact) mass is 312 g/mol. The largest absolute Gasteiger partial charge is 0.309 e. The molecule has 0 saturated heterocycles. The third-order valence-electron chi connectivity index (χ3n) is 3.58. The Balaban J connectivity index is 0. The lowest BCUT2D eigenvalue weighted by molar-refractivity contribution is -0.128. The van der Waals surface area contributed by atoms with Gasteiger partial charge in [0.1, 0.15) is 5.78 Å². The number of hydrogen-bond donors (Lipinski definition) is 0. The maximum atomic E-state index is 12.5. The summed E-state index contributed by atoms with van der Waals surface area (Å²) < 4.78 is 0. The van der Waals surface area contributed by atoms with Crippen LogP contribution in [0.25, 0.3) is 0 Å². The van der Waals surface area contributed by atoms with Gasteiger partial charge in [0, 0.05) is 24.9 Å². The Bertz CT molecular complexity index is 226. The van der Waals surface area contributed by atoms with Crippen molar-refractivity contribution in [3.63, 3.8) is 0 Å². The van der Waals surface area contributed by atoms with E-state index in [-0.39, 0.29) is 36.6 Å². The van der Waals surface area contributed by atoms with Gasteiger partial charge >= 0.3 is 0 Å². The van der Waals surface area contributed by atoms with E-state index < -0.39 is 0 Å². The van der Waals surface area contributed by atoms with Crippen molar-refractivity contribution in [2.75, 3.05) is 41.3 Å². The Hall–Kier alpha value is 0.170. The highest BCUT2D eigenvalue weighted by Gasteiger charge is 2.28. The Morgan fingerprint density at radius 3 is 1.53 bits per heavy atom. The molecule has 0 heterocycles. The third kappa shape index (κ3) is 8.13. The molecule has 0 aliphatic heterocycles. The summed E-state index contributed by atoms with van der Waals surface area (Å²) in [6.45, 7) is 1.84. The minimum Gasteiger partial charge on any atom is -0.309 e. The molecule has 1 saturated carbocycles. The van der Waals surface area contributed by atoms with E-state index in [4.69, 9.17) is 0 Å². The molecule has 5 heteroatoms. The number of carbonyl (C=O) groups excluding carboxylic acids is 1. The first kappa shape index (κ1) is 21.5. The molecule has 0 bridgehead atoms. The van der Waals surface area contributed by atoms with E-state index in [1.54, 1.807) is 0 Å². The van der Waals surface area contributed by atoms with E-state index in [9.17, 15) is 4.79 Å². The molecule has 2 unspecified atom stereocenters. The van der Waals surface area contributed by atoms with Crippen LogP contribution in [0.15, 0.2) is 0 Å². The van der Waals surface area contributed by atoms with Crippen molar-refractivity contribution in [3.8, 4) is 0 Å². The molecule has 1 aliphatic rings. The van der Waals surface area contributed by atoms with Gasteiger partial charge in [0.2, 0.25) is 0 Å². The van der Waals surface area contributed by atoms with Crippen LogP contribution in [-0.2, 0) is 4.79 Å². The van der Waals surface area contributed by atoms with Crippen molar-refractivity contribution in [1.29, 1.82) is 0 Å². The first-order chi connectivity index (χ1) is 8.00. The van der Waals surface area contributed by atoms with E-state index in [0.717, 1.165) is 25.9 Å². The van der Waals surface area contributed by atoms with Crippen LogP contribution in [0.5, 0.6) is 0 Å². The van der Waals surface area contributed by atoms with E-state index in [1.165, 1.54) is 19.3 Å². The molecule has 0 amide bonds. The van der Waals surface area contributed by atoms with Gasteiger partial charge in [0.15, 0.2) is 0 Å². The lowest BCUT2D eigenvalue weighted by Crippen LogP contribution is -2.37. The average molecular weight is 313 g/mol. The van der Waals surface area contributed by atoms with Gasteiger partial charge < -0.3 is 9.80 Å². The highest BCUT2D eigenvalue weighted by molar-refractivity contribution is 5.85. The van der Waals surface area contributed by atoms with E-state index in [0.29, 0.717) is 5.78 Å². The summed E-state index contributed by atoms with van der Waals surface area (Å²) in [5, 5.41) is 0. The van der Waals surface area contributed by atoms with Crippen LogP contribution in [0.2, 0.25) is 0 Å². The Kier molecular flexibility index (Phi) is 12.3. The molecule has 3 nitrogen and oxygen atoms in total. The molecule has 0 spiro atoms. The van der Waals surface area contributed by atoms with Crippen molar-refractivity contribution < 1.29 is 4.79 Å². The van der Waals surface area contributed by atoms with Gasteiger partial charge in [-0.15, -0.1) is 24.8 Å². The van der Waals surface area contributed by atoms with Gasteiger partial charge in [-0.05, 0) is 41.0 Å². The molecular weight excluding hydrogens is 283 g/mol. The summed E-state index contributed by atoms with van der Waals surface area (Å²) in [4.78, 5) is 16.8. The second kappa shape index (κ2) is 10.9. The smallest absolute Gasteiger partial charge is 0.141 e. The van der Waals surface area contributed by atoms with Crippen LogP contribution >= 0.6 is 24.8 Å². The fourth-order valence-corrected chi connectivity index (χ4v) is 2.82. The van der Waals surface area contributed by atoms with Crippen molar-refractivity contribution in [2.45, 2.75) is 32.1 Å². The summed E-state index contributed by atoms with van der Waals surface area (Å²) in [5.41, 5.74) is 0. The lowest BCUT2D eigenvalue weighted by atomic mass is 9.82. The second-order valence-corrected chi connectivity index (χ2v) is 5.96. The summed E-state index contributed by atoms with van der Waals surface area (Å²) >= 11 is 0. The van der Waals surface area contributed by atoms with Crippen LogP contribution < -0.4 is 0 Å². The topological polar surface area (TPSA) is 23.6 Å². The summed E-state index contributed by atoms with van der Waals surface area (Å²) in [7, 11) is 8.25. The predicted molar refractivity (Wildman–Crippen MR) is 86.7 cm³/mol. The molecule has 0 radical (unpaired) electrons. The molecule has 0 aromatic rings. The minimum atomic E-state index is 0. The molecule has 0 N–H and O–H groups in total. The molecule has 0 aromatic heterocycles. The van der Waals surface area contributed by atoms with Gasteiger partial charge in [0.25, 0.3) is 0 Å². The Morgan fingerprint density at radius 2 is 1.21 bits per heavy atom. The molecule has 116 valence electrons. The normalized spacial score (nSPS) is 24.4. The zero-order chi connectivity index (χ0) is 12.8. The molecule has 19 heavy (non-hydrogen) atoms. The molecule has 1 fully saturated rings. The van der Waals surface area contributed by atoms with Gasteiger partial charge in [-0.1, -0.05) is 19.3 Å². The summed E-state index contributed by atoms with van der Waals surface area (Å²) in [5.74, 6) is 1.03. The van der Waals surface area contributed by atoms with Gasteiger partial charge in [-0.2, -0.15) is 0 Å². The van der Waals surface area contributed by atoms with Crippen molar-refractivity contribution in [3.05, 3.63) is 0 Å².